The Morgan fingerprint density at radius 1 is 0.902 bits per heavy atom. The number of rotatable bonds is 19. The molecule has 4 nitrogen and oxygen atoms in total. The largest absolute Gasteiger partial charge is 0.492 e. The van der Waals surface area contributed by atoms with Crippen LogP contribution in [0.5, 0.6) is 5.75 Å². The Hall–Kier alpha value is -1.63. The van der Waals surface area contributed by atoms with E-state index in [1.54, 1.807) is 11.8 Å². The van der Waals surface area contributed by atoms with Crippen LogP contribution in [0.15, 0.2) is 53.6 Å². The first kappa shape index (κ1) is 35.6. The highest BCUT2D eigenvalue weighted by atomic mass is 79.9. The van der Waals surface area contributed by atoms with Crippen LogP contribution in [0.2, 0.25) is 5.02 Å². The van der Waals surface area contributed by atoms with Gasteiger partial charge in [0.2, 0.25) is 5.91 Å². The van der Waals surface area contributed by atoms with Crippen molar-refractivity contribution in [1.82, 2.24) is 4.90 Å². The molecular weight excluding hydrogens is 616 g/mol. The van der Waals surface area contributed by atoms with Crippen LogP contribution in [0.3, 0.4) is 0 Å². The molecule has 0 N–H and O–H groups in total. The zero-order valence-corrected chi connectivity index (χ0v) is 28.6. The van der Waals surface area contributed by atoms with Crippen LogP contribution in [0, 0.1) is 0 Å². The van der Waals surface area contributed by atoms with Crippen LogP contribution >= 0.6 is 40.3 Å². The average Bonchev–Trinajstić information content (AvgIpc) is 3.35. The molecule has 2 aromatic carbocycles. The highest BCUT2D eigenvalue weighted by Crippen LogP contribution is 2.29. The second-order valence-corrected chi connectivity index (χ2v) is 12.6. The Kier molecular flexibility index (Phi) is 17.6. The van der Waals surface area contributed by atoms with Crippen molar-refractivity contribution in [3.8, 4) is 5.75 Å². The topological polar surface area (TPSA) is 32.8 Å². The summed E-state index contributed by atoms with van der Waals surface area (Å²) in [5.41, 5.74) is 3.11. The molecule has 0 aliphatic carbocycles. The summed E-state index contributed by atoms with van der Waals surface area (Å²) < 4.78 is 5.97. The van der Waals surface area contributed by atoms with Crippen LogP contribution in [-0.4, -0.2) is 23.3 Å². The van der Waals surface area contributed by atoms with Crippen LogP contribution in [0.4, 0.5) is 5.69 Å². The number of carbonyl (C=O) groups excluding carboxylic acids is 1. The fraction of sp³-hybridized carbons (Fsp3) is 0.559. The van der Waals surface area contributed by atoms with Gasteiger partial charge in [0.05, 0.1) is 24.1 Å². The number of nitrogens with zero attached hydrogens (tertiary/aromatic N) is 2. The van der Waals surface area contributed by atoms with E-state index in [1.165, 1.54) is 81.1 Å². The van der Waals surface area contributed by atoms with Crippen molar-refractivity contribution in [2.45, 2.75) is 111 Å². The smallest absolute Gasteiger partial charge is 0.224 e. The zero-order chi connectivity index (χ0) is 28.6. The number of hydrogen-bond acceptors (Lipinski definition) is 4. The van der Waals surface area contributed by atoms with E-state index < -0.39 is 0 Å². The summed E-state index contributed by atoms with van der Waals surface area (Å²) >= 11 is 8.43. The predicted octanol–water partition coefficient (Wildman–Crippen LogP) is 10.9. The lowest BCUT2D eigenvalue weighted by Gasteiger charge is -2.22. The van der Waals surface area contributed by atoms with Crippen LogP contribution in [0.25, 0.3) is 0 Å². The van der Waals surface area contributed by atoms with Crippen molar-refractivity contribution in [2.75, 3.05) is 17.4 Å². The second kappa shape index (κ2) is 20.3. The third kappa shape index (κ3) is 13.5. The lowest BCUT2D eigenvalue weighted by molar-refractivity contribution is -0.116. The number of thioether (sulfide) groups is 1. The first-order chi connectivity index (χ1) is 19.5. The van der Waals surface area contributed by atoms with E-state index in [2.05, 4.69) is 37.1 Å². The molecule has 0 saturated heterocycles. The minimum Gasteiger partial charge on any atom is -0.492 e. The number of ether oxygens (including phenoxy) is 1. The molecule has 0 saturated carbocycles. The number of halogens is 2. The highest BCUT2D eigenvalue weighted by Gasteiger charge is 2.15. The normalized spacial score (nSPS) is 12.7. The average molecular weight is 666 g/mol. The molecule has 0 spiro atoms. The Morgan fingerprint density at radius 3 is 2.02 bits per heavy atom. The van der Waals surface area contributed by atoms with Gasteiger partial charge in [-0.1, -0.05) is 107 Å². The lowest BCUT2D eigenvalue weighted by atomic mass is 10.1. The maximum absolute atomic E-state index is 12.5. The standard InChI is InChI=1S/C34H49ClN2O2S.BrH/c1-4-5-6-7-8-9-10-11-12-13-14-15-22-39-34-21-18-31(23-33(34)35)26-37(29(3)38)32-19-16-30(17-20-32)25-36-24-28(2)40-27-36;/h16-21,23-24H,4-15,22,25-27H2,1-3H3;1H. The molecule has 2 aromatic rings. The number of allylic oxidation sites excluding steroid dienone is 1. The molecule has 0 radical (unpaired) electrons. The van der Waals surface area contributed by atoms with Crippen LogP contribution in [0.1, 0.15) is 109 Å². The van der Waals surface area contributed by atoms with Gasteiger partial charge < -0.3 is 14.5 Å². The first-order valence-corrected chi connectivity index (χ1v) is 16.7. The molecule has 41 heavy (non-hydrogen) atoms. The molecule has 3 rings (SSSR count). The van der Waals surface area contributed by atoms with Gasteiger partial charge in [0.15, 0.2) is 0 Å². The van der Waals surface area contributed by atoms with E-state index in [-0.39, 0.29) is 22.9 Å². The molecular formula is C34H50BrClN2O2S. The third-order valence-corrected chi connectivity index (χ3v) is 8.75. The van der Waals surface area contributed by atoms with Crippen molar-refractivity contribution < 1.29 is 9.53 Å². The van der Waals surface area contributed by atoms with Gasteiger partial charge in [0.25, 0.3) is 0 Å². The maximum atomic E-state index is 12.5. The van der Waals surface area contributed by atoms with Crippen molar-refractivity contribution in [2.24, 2.45) is 0 Å². The van der Waals surface area contributed by atoms with E-state index >= 15 is 0 Å². The van der Waals surface area contributed by atoms with E-state index in [4.69, 9.17) is 16.3 Å². The summed E-state index contributed by atoms with van der Waals surface area (Å²) in [7, 11) is 0. The Morgan fingerprint density at radius 2 is 1.49 bits per heavy atom. The molecule has 0 atom stereocenters. The molecule has 0 fully saturated rings. The summed E-state index contributed by atoms with van der Waals surface area (Å²) in [4.78, 5) is 17.9. The number of unbranched alkanes of at least 4 members (excludes halogenated alkanes) is 11. The summed E-state index contributed by atoms with van der Waals surface area (Å²) in [6.07, 6.45) is 18.1. The summed E-state index contributed by atoms with van der Waals surface area (Å²) in [6, 6.07) is 14.1. The number of carbonyl (C=O) groups is 1. The van der Waals surface area contributed by atoms with Gasteiger partial charge >= 0.3 is 0 Å². The predicted molar refractivity (Wildman–Crippen MR) is 183 cm³/mol. The van der Waals surface area contributed by atoms with Gasteiger partial charge in [-0.2, -0.15) is 0 Å². The highest BCUT2D eigenvalue weighted by molar-refractivity contribution is 8.93. The third-order valence-electron chi connectivity index (χ3n) is 7.43. The summed E-state index contributed by atoms with van der Waals surface area (Å²) in [6.45, 7) is 8.06. The van der Waals surface area contributed by atoms with Crippen LogP contribution in [-0.2, 0) is 17.9 Å². The molecule has 1 aliphatic rings. The summed E-state index contributed by atoms with van der Waals surface area (Å²) in [5, 5.41) is 0.599. The number of amides is 1. The van der Waals surface area contributed by atoms with Crippen LogP contribution < -0.4 is 9.64 Å². The van der Waals surface area contributed by atoms with Gasteiger partial charge in [-0.15, -0.1) is 28.7 Å². The molecule has 7 heteroatoms. The molecule has 0 bridgehead atoms. The molecule has 1 aliphatic heterocycles. The van der Waals surface area contributed by atoms with E-state index in [0.29, 0.717) is 18.2 Å². The van der Waals surface area contributed by atoms with E-state index in [0.717, 1.165) is 35.8 Å². The number of benzene rings is 2. The Labute approximate surface area is 269 Å². The second-order valence-electron chi connectivity index (χ2n) is 11.0. The molecule has 0 unspecified atom stereocenters. The molecule has 1 heterocycles. The monoisotopic (exact) mass is 664 g/mol. The van der Waals surface area contributed by atoms with E-state index in [9.17, 15) is 4.79 Å². The Balaban J connectivity index is 0.00000588. The van der Waals surface area contributed by atoms with Gasteiger partial charge in [-0.05, 0) is 53.6 Å². The van der Waals surface area contributed by atoms with Crippen molar-refractivity contribution in [1.29, 1.82) is 0 Å². The first-order valence-electron chi connectivity index (χ1n) is 15.3. The molecule has 228 valence electrons. The van der Waals surface area contributed by atoms with Gasteiger partial charge in [0, 0.05) is 25.4 Å². The van der Waals surface area contributed by atoms with E-state index in [1.807, 2.05) is 42.1 Å². The maximum Gasteiger partial charge on any atom is 0.224 e. The van der Waals surface area contributed by atoms with Crippen molar-refractivity contribution >= 4 is 51.9 Å². The van der Waals surface area contributed by atoms with Gasteiger partial charge in [0.1, 0.15) is 5.75 Å². The van der Waals surface area contributed by atoms with Gasteiger partial charge in [-0.25, -0.2) is 0 Å². The van der Waals surface area contributed by atoms with Gasteiger partial charge in [-0.3, -0.25) is 4.79 Å². The quantitative estimate of drug-likeness (QED) is 0.140. The minimum absolute atomic E-state index is 0. The minimum atomic E-state index is 0. The SMILES string of the molecule is Br.CCCCCCCCCCCCCCOc1ccc(CN(C(C)=O)c2ccc(CN3C=C(C)SC3)cc2)cc1Cl. The fourth-order valence-corrected chi connectivity index (χ4v) is 6.09. The fourth-order valence-electron chi connectivity index (χ4n) is 5.08. The number of hydrogen-bond donors (Lipinski definition) is 0. The van der Waals surface area contributed by atoms with Crippen molar-refractivity contribution in [3.63, 3.8) is 0 Å². The molecule has 1 amide bonds. The number of anilines is 1. The Bertz CT molecular complexity index is 1060. The summed E-state index contributed by atoms with van der Waals surface area (Å²) in [5.74, 6) is 1.72. The van der Waals surface area contributed by atoms with Crippen molar-refractivity contribution in [3.05, 3.63) is 69.7 Å². The lowest BCUT2D eigenvalue weighted by Crippen LogP contribution is -2.27. The zero-order valence-electron chi connectivity index (χ0n) is 25.3. The molecule has 0 aromatic heterocycles.